The smallest absolute Gasteiger partial charge is 0.302 e. The van der Waals surface area contributed by atoms with E-state index in [1.54, 1.807) is 0 Å². The van der Waals surface area contributed by atoms with Crippen LogP contribution >= 0.6 is 0 Å². The van der Waals surface area contributed by atoms with Gasteiger partial charge in [0.1, 0.15) is 18.3 Å². The second-order valence-electron chi connectivity index (χ2n) is 14.5. The second-order valence-corrected chi connectivity index (χ2v) is 14.5. The molecular weight excluding hydrogens is 484 g/mol. The van der Waals surface area contributed by atoms with Gasteiger partial charge in [-0.1, -0.05) is 27.7 Å². The lowest BCUT2D eigenvalue weighted by Gasteiger charge is -2.62. The number of fused-ring (bicyclic) bond motifs is 7. The molecule has 38 heavy (non-hydrogen) atoms. The zero-order valence-electron chi connectivity index (χ0n) is 24.1. The van der Waals surface area contributed by atoms with Gasteiger partial charge in [-0.15, -0.1) is 0 Å². The molecule has 7 heteroatoms. The van der Waals surface area contributed by atoms with Gasteiger partial charge in [-0.3, -0.25) is 9.59 Å². The highest BCUT2D eigenvalue weighted by Crippen LogP contribution is 2.71. The standard InChI is InChI=1S/C31H48O7/c1-16-11-26(34)31(35-15-16)17(2)28-25(38-31)13-24-22-8-7-20-12-21(36-18(3)32)9-10-29(20,5)23(22)14-27(30(24,28)6)37-19(4)33/h16-17,20-28,34H,7-15H2,1-6H3/t16-,17+,20+,21+,22-,23+,24+,25+,26?,27-,28+,29+,30-,31+/m1/s1. The Morgan fingerprint density at radius 1 is 0.921 bits per heavy atom. The van der Waals surface area contributed by atoms with Crippen LogP contribution in [0.25, 0.3) is 0 Å². The Kier molecular flexibility index (Phi) is 6.52. The minimum absolute atomic E-state index is 0.00472. The van der Waals surface area contributed by atoms with Gasteiger partial charge in [-0.05, 0) is 86.4 Å². The predicted octanol–water partition coefficient (Wildman–Crippen LogP) is 4.88. The zero-order chi connectivity index (χ0) is 27.2. The van der Waals surface area contributed by atoms with Crippen LogP contribution in [0.1, 0.15) is 92.9 Å². The summed E-state index contributed by atoms with van der Waals surface area (Å²) < 4.78 is 25.1. The van der Waals surface area contributed by atoms with Gasteiger partial charge in [0.05, 0.1) is 12.7 Å². The van der Waals surface area contributed by atoms with Gasteiger partial charge < -0.3 is 24.1 Å². The van der Waals surface area contributed by atoms with Crippen molar-refractivity contribution in [2.45, 2.75) is 123 Å². The number of hydrogen-bond acceptors (Lipinski definition) is 7. The van der Waals surface area contributed by atoms with E-state index in [4.69, 9.17) is 18.9 Å². The molecule has 1 N–H and O–H groups in total. The molecule has 7 nitrogen and oxygen atoms in total. The summed E-state index contributed by atoms with van der Waals surface area (Å²) in [6.45, 7) is 12.8. The molecule has 2 saturated heterocycles. The van der Waals surface area contributed by atoms with Crippen LogP contribution in [-0.4, -0.2) is 53.9 Å². The van der Waals surface area contributed by atoms with Gasteiger partial charge in [0.25, 0.3) is 0 Å². The minimum atomic E-state index is -0.952. The molecule has 0 aromatic rings. The summed E-state index contributed by atoms with van der Waals surface area (Å²) in [5.41, 5.74) is -0.0613. The normalized spacial score (nSPS) is 55.4. The molecule has 2 heterocycles. The van der Waals surface area contributed by atoms with Crippen molar-refractivity contribution in [1.29, 1.82) is 0 Å². The fourth-order valence-electron chi connectivity index (χ4n) is 11.0. The van der Waals surface area contributed by atoms with E-state index < -0.39 is 11.9 Å². The Bertz CT molecular complexity index is 968. The summed E-state index contributed by atoms with van der Waals surface area (Å²) in [4.78, 5) is 24.2. The molecule has 14 atom stereocenters. The first-order valence-electron chi connectivity index (χ1n) is 15.2. The van der Waals surface area contributed by atoms with Gasteiger partial charge >= 0.3 is 11.9 Å². The average molecular weight is 533 g/mol. The Morgan fingerprint density at radius 3 is 2.34 bits per heavy atom. The fourth-order valence-corrected chi connectivity index (χ4v) is 11.0. The third-order valence-electron chi connectivity index (χ3n) is 12.6. The van der Waals surface area contributed by atoms with Crippen molar-refractivity contribution in [3.63, 3.8) is 0 Å². The summed E-state index contributed by atoms with van der Waals surface area (Å²) >= 11 is 0. The van der Waals surface area contributed by atoms with Gasteiger partial charge in [0, 0.05) is 31.1 Å². The zero-order valence-corrected chi connectivity index (χ0v) is 24.1. The van der Waals surface area contributed by atoms with E-state index in [1.165, 1.54) is 20.3 Å². The van der Waals surface area contributed by atoms with Crippen LogP contribution in [0.5, 0.6) is 0 Å². The summed E-state index contributed by atoms with van der Waals surface area (Å²) in [6.07, 6.45) is 6.97. The lowest BCUT2D eigenvalue weighted by Crippen LogP contribution is -2.61. The van der Waals surface area contributed by atoms with E-state index in [9.17, 15) is 14.7 Å². The summed E-state index contributed by atoms with van der Waals surface area (Å²) in [5, 5.41) is 11.2. The maximum atomic E-state index is 12.5. The van der Waals surface area contributed by atoms with Crippen LogP contribution in [0.4, 0.5) is 0 Å². The lowest BCUT2D eigenvalue weighted by atomic mass is 9.43. The van der Waals surface area contributed by atoms with E-state index in [-0.39, 0.29) is 52.9 Å². The van der Waals surface area contributed by atoms with Gasteiger partial charge in [0.15, 0.2) is 5.79 Å². The molecule has 4 aliphatic carbocycles. The van der Waals surface area contributed by atoms with Crippen molar-refractivity contribution in [1.82, 2.24) is 0 Å². The summed E-state index contributed by atoms with van der Waals surface area (Å²) in [5.74, 6) is 1.13. The number of rotatable bonds is 2. The van der Waals surface area contributed by atoms with Crippen LogP contribution < -0.4 is 0 Å². The third kappa shape index (κ3) is 3.77. The third-order valence-corrected chi connectivity index (χ3v) is 12.6. The average Bonchev–Trinajstić information content (AvgIpc) is 3.29. The highest BCUT2D eigenvalue weighted by atomic mass is 16.7. The molecule has 1 spiro atoms. The number of ether oxygens (including phenoxy) is 4. The molecule has 0 amide bonds. The largest absolute Gasteiger partial charge is 0.463 e. The number of aliphatic hydroxyl groups is 1. The van der Waals surface area contributed by atoms with Crippen molar-refractivity contribution >= 4 is 11.9 Å². The molecule has 0 aromatic carbocycles. The van der Waals surface area contributed by atoms with E-state index in [0.717, 1.165) is 38.5 Å². The second kappa shape index (κ2) is 9.17. The highest BCUT2D eigenvalue weighted by molar-refractivity contribution is 5.66. The molecule has 0 bridgehead atoms. The number of esters is 2. The van der Waals surface area contributed by atoms with Crippen molar-refractivity contribution in [2.24, 2.45) is 52.3 Å². The van der Waals surface area contributed by atoms with Crippen molar-refractivity contribution < 1.29 is 33.6 Å². The van der Waals surface area contributed by atoms with Crippen LogP contribution in [-0.2, 0) is 28.5 Å². The molecule has 6 aliphatic rings. The monoisotopic (exact) mass is 532 g/mol. The van der Waals surface area contributed by atoms with Crippen LogP contribution in [0.15, 0.2) is 0 Å². The topological polar surface area (TPSA) is 91.3 Å². The quantitative estimate of drug-likeness (QED) is 0.507. The lowest BCUT2D eigenvalue weighted by molar-refractivity contribution is -0.317. The minimum Gasteiger partial charge on any atom is -0.463 e. The van der Waals surface area contributed by atoms with E-state index in [1.807, 2.05) is 0 Å². The summed E-state index contributed by atoms with van der Waals surface area (Å²) in [7, 11) is 0. The molecule has 1 unspecified atom stereocenters. The van der Waals surface area contributed by atoms with E-state index in [0.29, 0.717) is 42.6 Å². The summed E-state index contributed by atoms with van der Waals surface area (Å²) in [6, 6.07) is 0. The van der Waals surface area contributed by atoms with Gasteiger partial charge in [0.2, 0.25) is 0 Å². The van der Waals surface area contributed by atoms with Crippen LogP contribution in [0.2, 0.25) is 0 Å². The highest BCUT2D eigenvalue weighted by Gasteiger charge is 2.73. The molecule has 4 saturated carbocycles. The Morgan fingerprint density at radius 2 is 1.66 bits per heavy atom. The molecule has 214 valence electrons. The van der Waals surface area contributed by atoms with E-state index >= 15 is 0 Å². The predicted molar refractivity (Wildman–Crippen MR) is 140 cm³/mol. The van der Waals surface area contributed by atoms with Crippen molar-refractivity contribution in [2.75, 3.05) is 6.61 Å². The van der Waals surface area contributed by atoms with Crippen LogP contribution in [0.3, 0.4) is 0 Å². The number of aliphatic hydroxyl groups excluding tert-OH is 1. The van der Waals surface area contributed by atoms with Crippen molar-refractivity contribution in [3.05, 3.63) is 0 Å². The fraction of sp³-hybridized carbons (Fsp3) is 0.935. The number of hydrogen-bond donors (Lipinski definition) is 1. The molecule has 0 aromatic heterocycles. The number of carbonyl (C=O) groups is 2. The molecular formula is C31H48O7. The van der Waals surface area contributed by atoms with Gasteiger partial charge in [-0.25, -0.2) is 0 Å². The maximum Gasteiger partial charge on any atom is 0.302 e. The maximum absolute atomic E-state index is 12.5. The SMILES string of the molecule is CC(=O)O[C@H]1CC[C@@]2(C)[C@@H](CC[C@@H]3[C@@H]2C[C@@H](OC(C)=O)[C@]2(C)[C@@H]4[C@H](C[C@@H]32)O[C@@]2(OC[C@H](C)CC2O)[C@H]4C)C1. The Labute approximate surface area is 227 Å². The Hall–Kier alpha value is -1.18. The molecule has 2 aliphatic heterocycles. The number of carbonyl (C=O) groups excluding carboxylic acids is 2. The Balaban J connectivity index is 1.31. The van der Waals surface area contributed by atoms with Crippen LogP contribution in [0, 0.1) is 52.3 Å². The van der Waals surface area contributed by atoms with E-state index in [2.05, 4.69) is 27.7 Å². The first kappa shape index (κ1) is 27.0. The molecule has 6 rings (SSSR count). The van der Waals surface area contributed by atoms with Gasteiger partial charge in [-0.2, -0.15) is 0 Å². The first-order valence-corrected chi connectivity index (χ1v) is 15.2. The van der Waals surface area contributed by atoms with Crippen molar-refractivity contribution in [3.8, 4) is 0 Å². The first-order chi connectivity index (χ1) is 17.9. The molecule has 0 radical (unpaired) electrons. The molecule has 6 fully saturated rings.